The van der Waals surface area contributed by atoms with Gasteiger partial charge in [-0.25, -0.2) is 17.9 Å². The molecule has 16 heteroatoms. The molecule has 0 bridgehead atoms. The molecule has 0 saturated carbocycles. The Labute approximate surface area is 117 Å². The zero-order valence-electron chi connectivity index (χ0n) is 8.99. The van der Waals surface area contributed by atoms with Crippen LogP contribution in [0.4, 0.5) is 35.5 Å². The van der Waals surface area contributed by atoms with E-state index in [1.54, 1.807) is 4.74 Å². The van der Waals surface area contributed by atoms with E-state index < -0.39 is 34.0 Å². The Morgan fingerprint density at radius 3 is 1.30 bits per heavy atom. The van der Waals surface area contributed by atoms with Crippen molar-refractivity contribution < 1.29 is 82.3 Å². The number of ether oxygens (including phenoxy) is 1. The molecule has 0 aromatic rings. The van der Waals surface area contributed by atoms with E-state index in [-0.39, 0.29) is 18.9 Å². The molecule has 0 amide bonds. The van der Waals surface area contributed by atoms with E-state index in [1.807, 2.05) is 0 Å². The second-order valence-corrected chi connectivity index (χ2v) is 3.75. The fourth-order valence-electron chi connectivity index (χ4n) is 0.399. The van der Waals surface area contributed by atoms with Crippen LogP contribution in [0.1, 0.15) is 0 Å². The van der Waals surface area contributed by atoms with Gasteiger partial charge in [0.05, 0.1) is 0 Å². The Morgan fingerprint density at radius 2 is 1.25 bits per heavy atom. The predicted octanol–water partition coefficient (Wildman–Crippen LogP) is -1.52. The van der Waals surface area contributed by atoms with Gasteiger partial charge in [0.25, 0.3) is 0 Å². The monoisotopic (exact) mass is 334 g/mol. The van der Waals surface area contributed by atoms with Crippen LogP contribution in [0.15, 0.2) is 0 Å². The summed E-state index contributed by atoms with van der Waals surface area (Å²) < 4.78 is 111. The van der Waals surface area contributed by atoms with Crippen LogP contribution in [0.3, 0.4) is 0 Å². The molecule has 116 valence electrons. The number of halogens is 7. The minimum absolute atomic E-state index is 0. The number of hydrogen-bond acceptors (Lipinski definition) is 5. The summed E-state index contributed by atoms with van der Waals surface area (Å²) in [5.74, 6) is 0. The molecular weight excluding hydrogens is 332 g/mol. The fourth-order valence-corrected chi connectivity index (χ4v) is 0.880. The zero-order valence-corrected chi connectivity index (χ0v) is 9.81. The Morgan fingerprint density at radius 1 is 1.00 bits per heavy atom. The van der Waals surface area contributed by atoms with Gasteiger partial charge in [0, 0.05) is 0 Å². The number of carboxylic acid groups (broad SMARTS) is 2. The standard InChI is InChI=1S/C3HF7O4S.CH2O3.Li/c4-1(5,6)2(7,15(11,12)13)14-3(8,9)10;2-1(3)4;/h(H,11,12,13);(H2,2,3,4);/q;;+1/p-1. The number of alkyl halides is 7. The van der Waals surface area contributed by atoms with Gasteiger partial charge in [-0.2, -0.15) is 17.6 Å². The average Bonchev–Trinajstić information content (AvgIpc) is 1.94. The summed E-state index contributed by atoms with van der Waals surface area (Å²) in [6.07, 6.45) is -14.8. The second-order valence-electron chi connectivity index (χ2n) is 2.32. The van der Waals surface area contributed by atoms with E-state index in [1.165, 1.54) is 0 Å². The van der Waals surface area contributed by atoms with Crippen LogP contribution >= 0.6 is 0 Å². The van der Waals surface area contributed by atoms with Crippen LogP contribution in [0, 0.1) is 0 Å². The van der Waals surface area contributed by atoms with Crippen molar-refractivity contribution in [1.82, 2.24) is 0 Å². The summed E-state index contributed by atoms with van der Waals surface area (Å²) in [7, 11) is -7.04. The van der Waals surface area contributed by atoms with Gasteiger partial charge in [-0.05, 0) is 0 Å². The maximum absolute atomic E-state index is 12.3. The summed E-state index contributed by atoms with van der Waals surface area (Å²) in [6, 6.07) is 0. The quantitative estimate of drug-likeness (QED) is 0.357. The largest absolute Gasteiger partial charge is 1.00 e. The predicted molar refractivity (Wildman–Crippen MR) is 37.4 cm³/mol. The smallest absolute Gasteiger partial charge is 0.743 e. The molecule has 7 nitrogen and oxygen atoms in total. The van der Waals surface area contributed by atoms with Gasteiger partial charge in [0.2, 0.25) is 0 Å². The Kier molecular flexibility index (Phi) is 8.88. The van der Waals surface area contributed by atoms with Gasteiger partial charge in [0.15, 0.2) is 10.1 Å². The average molecular weight is 334 g/mol. The number of hydrogen-bond donors (Lipinski definition) is 2. The van der Waals surface area contributed by atoms with Crippen LogP contribution in [-0.4, -0.2) is 47.1 Å². The van der Waals surface area contributed by atoms with Crippen molar-refractivity contribution in [2.45, 2.75) is 17.7 Å². The Balaban J connectivity index is -0.000000508. The molecule has 2 N–H and O–H groups in total. The molecule has 0 fully saturated rings. The van der Waals surface area contributed by atoms with Crippen LogP contribution in [0.2, 0.25) is 0 Å². The first-order valence-electron chi connectivity index (χ1n) is 3.34. The van der Waals surface area contributed by atoms with Crippen molar-refractivity contribution in [2.24, 2.45) is 0 Å². The maximum Gasteiger partial charge on any atom is 1.00 e. The van der Waals surface area contributed by atoms with E-state index in [0.29, 0.717) is 0 Å². The molecule has 0 rings (SSSR count). The molecule has 0 heterocycles. The summed E-state index contributed by atoms with van der Waals surface area (Å²) in [5, 5.41) is 7.60. The summed E-state index contributed by atoms with van der Waals surface area (Å²) in [4.78, 5) is 8.56. The van der Waals surface area contributed by atoms with Crippen molar-refractivity contribution in [3.05, 3.63) is 0 Å². The van der Waals surface area contributed by atoms with Crippen LogP contribution in [0.25, 0.3) is 0 Å². The molecule has 0 aliphatic heterocycles. The first-order valence-corrected chi connectivity index (χ1v) is 4.74. The molecule has 0 aromatic heterocycles. The zero-order chi connectivity index (χ0) is 16.3. The number of rotatable bonds is 2. The number of carbonyl (C=O) groups is 1. The maximum atomic E-state index is 12.3. The molecule has 0 aliphatic carbocycles. The van der Waals surface area contributed by atoms with Gasteiger partial charge < -0.3 is 14.8 Å². The van der Waals surface area contributed by atoms with E-state index in [9.17, 15) is 43.7 Å². The van der Waals surface area contributed by atoms with Crippen LogP contribution in [-0.2, 0) is 14.9 Å². The van der Waals surface area contributed by atoms with Crippen molar-refractivity contribution in [3.8, 4) is 0 Å². The van der Waals surface area contributed by atoms with Crippen molar-refractivity contribution in [1.29, 1.82) is 0 Å². The molecule has 20 heavy (non-hydrogen) atoms. The minimum Gasteiger partial charge on any atom is -0.743 e. The molecule has 0 aliphatic rings. The van der Waals surface area contributed by atoms with E-state index in [4.69, 9.17) is 15.0 Å². The Bertz CT molecular complexity index is 412. The Hall–Kier alpha value is -0.753. The van der Waals surface area contributed by atoms with Gasteiger partial charge in [-0.15, -0.1) is 13.2 Å². The van der Waals surface area contributed by atoms with Crippen molar-refractivity contribution in [3.63, 3.8) is 0 Å². The molecule has 0 radical (unpaired) electrons. The van der Waals surface area contributed by atoms with Gasteiger partial charge in [0.1, 0.15) is 0 Å². The molecular formula is C4H2F7LiO7S. The first-order chi connectivity index (χ1) is 7.94. The molecule has 0 aromatic carbocycles. The molecule has 0 spiro atoms. The SMILES string of the molecule is O=C(O)O.O=S(=O)([O-])C(F)(OC(F)(F)F)C(F)(F)F.[Li+]. The minimum atomic E-state index is -7.04. The normalized spacial score (nSPS) is 15.2. The molecule has 1 unspecified atom stereocenters. The van der Waals surface area contributed by atoms with E-state index in [2.05, 4.69) is 0 Å². The van der Waals surface area contributed by atoms with Crippen LogP contribution < -0.4 is 18.9 Å². The summed E-state index contributed by atoms with van der Waals surface area (Å²) in [5.41, 5.74) is 0. The summed E-state index contributed by atoms with van der Waals surface area (Å²) in [6.45, 7) is 0. The van der Waals surface area contributed by atoms with E-state index in [0.717, 1.165) is 0 Å². The van der Waals surface area contributed by atoms with Crippen molar-refractivity contribution >= 4 is 16.3 Å². The third kappa shape index (κ3) is 8.42. The van der Waals surface area contributed by atoms with Crippen molar-refractivity contribution in [2.75, 3.05) is 0 Å². The second kappa shape index (κ2) is 7.31. The topological polar surface area (TPSA) is 124 Å². The fraction of sp³-hybridized carbons (Fsp3) is 0.750. The third-order valence-corrected chi connectivity index (χ3v) is 1.87. The molecule has 1 atom stereocenters. The third-order valence-electron chi connectivity index (χ3n) is 0.907. The first kappa shape index (κ1) is 24.3. The van der Waals surface area contributed by atoms with E-state index >= 15 is 0 Å². The van der Waals surface area contributed by atoms with Gasteiger partial charge in [-0.1, -0.05) is 0 Å². The molecule has 0 saturated heterocycles. The van der Waals surface area contributed by atoms with Crippen LogP contribution in [0.5, 0.6) is 0 Å². The summed E-state index contributed by atoms with van der Waals surface area (Å²) >= 11 is 0. The van der Waals surface area contributed by atoms with Gasteiger partial charge >= 0.3 is 42.7 Å². The van der Waals surface area contributed by atoms with Gasteiger partial charge in [-0.3, -0.25) is 0 Å².